The fourth-order valence-corrected chi connectivity index (χ4v) is 9.20. The maximum absolute atomic E-state index is 7.25. The average molecular weight is 730 g/mol. The Balaban J connectivity index is 1.13. The van der Waals surface area contributed by atoms with Crippen LogP contribution in [0.15, 0.2) is 205 Å². The minimum Gasteiger partial charge on any atom is -0.453 e. The summed E-state index contributed by atoms with van der Waals surface area (Å²) in [6.07, 6.45) is 0. The van der Waals surface area contributed by atoms with E-state index in [-0.39, 0.29) is 5.41 Å². The van der Waals surface area contributed by atoms with Crippen LogP contribution in [0.2, 0.25) is 0 Å². The molecule has 0 amide bonds. The van der Waals surface area contributed by atoms with Crippen molar-refractivity contribution in [2.75, 3.05) is 4.90 Å². The molecular formula is C55H39NO. The van der Waals surface area contributed by atoms with Gasteiger partial charge in [0.2, 0.25) is 0 Å². The molecule has 0 spiro atoms. The van der Waals surface area contributed by atoms with Crippen LogP contribution in [0.5, 0.6) is 0 Å². The molecule has 0 saturated carbocycles. The van der Waals surface area contributed by atoms with Gasteiger partial charge in [-0.15, -0.1) is 0 Å². The van der Waals surface area contributed by atoms with Crippen molar-refractivity contribution in [2.24, 2.45) is 0 Å². The molecule has 9 aromatic carbocycles. The van der Waals surface area contributed by atoms with Crippen LogP contribution in [0.3, 0.4) is 0 Å². The summed E-state index contributed by atoms with van der Waals surface area (Å²) in [5.74, 6) is 0. The molecule has 0 aliphatic heterocycles. The molecule has 1 heterocycles. The van der Waals surface area contributed by atoms with E-state index in [0.717, 1.165) is 50.1 Å². The van der Waals surface area contributed by atoms with Crippen LogP contribution >= 0.6 is 0 Å². The number of furan rings is 1. The summed E-state index contributed by atoms with van der Waals surface area (Å²) in [6, 6.07) is 72.4. The number of hydrogen-bond donors (Lipinski definition) is 0. The maximum atomic E-state index is 7.25. The molecule has 2 heteroatoms. The van der Waals surface area contributed by atoms with Gasteiger partial charge in [-0.2, -0.15) is 0 Å². The highest BCUT2D eigenvalue weighted by Gasteiger charge is 2.36. The lowest BCUT2D eigenvalue weighted by Gasteiger charge is -2.28. The summed E-state index contributed by atoms with van der Waals surface area (Å²) >= 11 is 0. The zero-order valence-corrected chi connectivity index (χ0v) is 31.9. The highest BCUT2D eigenvalue weighted by molar-refractivity contribution is 6.20. The van der Waals surface area contributed by atoms with Gasteiger partial charge in [0, 0.05) is 33.1 Å². The first-order valence-electron chi connectivity index (χ1n) is 19.8. The monoisotopic (exact) mass is 729 g/mol. The topological polar surface area (TPSA) is 16.4 Å². The summed E-state index contributed by atoms with van der Waals surface area (Å²) in [5, 5.41) is 4.56. The quantitative estimate of drug-likeness (QED) is 0.169. The van der Waals surface area contributed by atoms with Crippen LogP contribution in [-0.2, 0) is 5.41 Å². The van der Waals surface area contributed by atoms with E-state index >= 15 is 0 Å². The number of benzene rings is 9. The number of nitrogens with zero attached hydrogens (tertiary/aromatic N) is 1. The van der Waals surface area contributed by atoms with E-state index in [0.29, 0.717) is 0 Å². The molecule has 0 N–H and O–H groups in total. The molecule has 0 atom stereocenters. The lowest BCUT2D eigenvalue weighted by molar-refractivity contribution is 0.660. The van der Waals surface area contributed by atoms with Crippen LogP contribution < -0.4 is 4.90 Å². The SMILES string of the molecule is CC1(C)c2ccccc2-c2ccc(N(c3ccc(-c4ccccc4)cc3)c3cccc4c3oc3c(-c5ccc(-c6ccccc6)cc5)c5ccccc5cc34)cc21. The summed E-state index contributed by atoms with van der Waals surface area (Å²) in [6.45, 7) is 4.69. The van der Waals surface area contributed by atoms with Crippen LogP contribution in [0.1, 0.15) is 25.0 Å². The predicted molar refractivity (Wildman–Crippen MR) is 240 cm³/mol. The molecule has 10 aromatic rings. The van der Waals surface area contributed by atoms with Gasteiger partial charge in [0.25, 0.3) is 0 Å². The fourth-order valence-electron chi connectivity index (χ4n) is 9.20. The van der Waals surface area contributed by atoms with Gasteiger partial charge >= 0.3 is 0 Å². The van der Waals surface area contributed by atoms with Crippen molar-refractivity contribution in [2.45, 2.75) is 19.3 Å². The highest BCUT2D eigenvalue weighted by atomic mass is 16.3. The molecule has 0 unspecified atom stereocenters. The Hall–Kier alpha value is -7.16. The number of rotatable bonds is 6. The van der Waals surface area contributed by atoms with E-state index in [9.17, 15) is 0 Å². The summed E-state index contributed by atoms with van der Waals surface area (Å²) in [7, 11) is 0. The summed E-state index contributed by atoms with van der Waals surface area (Å²) in [4.78, 5) is 2.38. The molecule has 57 heavy (non-hydrogen) atoms. The Bertz CT molecular complexity index is 3120. The second-order valence-electron chi connectivity index (χ2n) is 15.7. The molecule has 2 nitrogen and oxygen atoms in total. The highest BCUT2D eigenvalue weighted by Crippen LogP contribution is 2.52. The second-order valence-corrected chi connectivity index (χ2v) is 15.7. The minimum absolute atomic E-state index is 0.138. The molecular weight excluding hydrogens is 691 g/mol. The molecule has 0 radical (unpaired) electrons. The second kappa shape index (κ2) is 13.0. The van der Waals surface area contributed by atoms with Crippen LogP contribution in [0, 0.1) is 0 Å². The fraction of sp³-hybridized carbons (Fsp3) is 0.0545. The first kappa shape index (κ1) is 33.2. The average Bonchev–Trinajstić information content (AvgIpc) is 3.75. The van der Waals surface area contributed by atoms with Gasteiger partial charge in [0.15, 0.2) is 5.58 Å². The Morgan fingerprint density at radius 2 is 0.947 bits per heavy atom. The molecule has 1 aromatic heterocycles. The zero-order chi connectivity index (χ0) is 38.1. The van der Waals surface area contributed by atoms with Crippen molar-refractivity contribution in [3.8, 4) is 44.5 Å². The predicted octanol–water partition coefficient (Wildman–Crippen LogP) is 15.5. The van der Waals surface area contributed by atoms with Crippen molar-refractivity contribution in [3.05, 3.63) is 211 Å². The first-order chi connectivity index (χ1) is 28.0. The Labute approximate surface area is 332 Å². The number of hydrogen-bond acceptors (Lipinski definition) is 2. The Morgan fingerprint density at radius 1 is 0.386 bits per heavy atom. The van der Waals surface area contributed by atoms with E-state index in [4.69, 9.17) is 4.42 Å². The van der Waals surface area contributed by atoms with Gasteiger partial charge in [-0.05, 0) is 97.2 Å². The molecule has 1 aliphatic rings. The van der Waals surface area contributed by atoms with Crippen LogP contribution in [0.25, 0.3) is 77.2 Å². The third-order valence-electron chi connectivity index (χ3n) is 12.1. The Morgan fingerprint density at radius 3 is 1.68 bits per heavy atom. The van der Waals surface area contributed by atoms with E-state index in [1.807, 2.05) is 0 Å². The summed E-state index contributed by atoms with van der Waals surface area (Å²) in [5.41, 5.74) is 17.1. The zero-order valence-electron chi connectivity index (χ0n) is 31.9. The minimum atomic E-state index is -0.138. The standard InChI is InChI=1S/C55H39NO/c1-55(2)49-22-12-11-20-45(49)46-33-32-43(35-50(46)55)56(42-30-28-39(29-31-42)37-16-7-4-8-17-37)51-23-13-21-47-48-34-41-18-9-10-19-44(41)52(54(48)57-53(47)51)40-26-24-38(25-27-40)36-14-5-3-6-15-36/h3-35H,1-2H3. The number of anilines is 3. The van der Waals surface area contributed by atoms with Gasteiger partial charge < -0.3 is 9.32 Å². The largest absolute Gasteiger partial charge is 0.453 e. The van der Waals surface area contributed by atoms with Gasteiger partial charge in [0.05, 0.1) is 5.69 Å². The molecule has 0 saturated heterocycles. The van der Waals surface area contributed by atoms with Crippen molar-refractivity contribution < 1.29 is 4.42 Å². The normalized spacial score (nSPS) is 12.9. The van der Waals surface area contributed by atoms with Crippen LogP contribution in [0.4, 0.5) is 17.1 Å². The molecule has 0 fully saturated rings. The maximum Gasteiger partial charge on any atom is 0.159 e. The van der Waals surface area contributed by atoms with Gasteiger partial charge in [-0.1, -0.05) is 178 Å². The van der Waals surface area contributed by atoms with Crippen molar-refractivity contribution in [3.63, 3.8) is 0 Å². The van der Waals surface area contributed by atoms with E-state index in [2.05, 4.69) is 219 Å². The van der Waals surface area contributed by atoms with Crippen molar-refractivity contribution in [1.82, 2.24) is 0 Å². The van der Waals surface area contributed by atoms with Crippen molar-refractivity contribution >= 4 is 49.8 Å². The third-order valence-corrected chi connectivity index (χ3v) is 12.1. The molecule has 0 bridgehead atoms. The first-order valence-corrected chi connectivity index (χ1v) is 19.8. The lowest BCUT2D eigenvalue weighted by atomic mass is 9.82. The number of fused-ring (bicyclic) bond motifs is 7. The van der Waals surface area contributed by atoms with Gasteiger partial charge in [-0.25, -0.2) is 0 Å². The summed E-state index contributed by atoms with van der Waals surface area (Å²) < 4.78 is 7.25. The van der Waals surface area contributed by atoms with E-state index in [1.54, 1.807) is 0 Å². The lowest BCUT2D eigenvalue weighted by Crippen LogP contribution is -2.16. The van der Waals surface area contributed by atoms with Gasteiger partial charge in [0.1, 0.15) is 5.58 Å². The number of para-hydroxylation sites is 1. The van der Waals surface area contributed by atoms with Crippen LogP contribution in [-0.4, -0.2) is 0 Å². The third kappa shape index (κ3) is 5.33. The van der Waals surface area contributed by atoms with Gasteiger partial charge in [-0.3, -0.25) is 0 Å². The molecule has 11 rings (SSSR count). The Kier molecular flexibility index (Phi) is 7.55. The van der Waals surface area contributed by atoms with E-state index in [1.165, 1.54) is 55.3 Å². The smallest absolute Gasteiger partial charge is 0.159 e. The molecule has 1 aliphatic carbocycles. The van der Waals surface area contributed by atoms with Crippen molar-refractivity contribution in [1.29, 1.82) is 0 Å². The molecule has 270 valence electrons. The van der Waals surface area contributed by atoms with E-state index < -0.39 is 0 Å².